The number of fused-ring (bicyclic) bond motifs is 1. The van der Waals surface area contributed by atoms with Crippen LogP contribution in [0.2, 0.25) is 0 Å². The van der Waals surface area contributed by atoms with Crippen LogP contribution in [0.3, 0.4) is 0 Å². The summed E-state index contributed by atoms with van der Waals surface area (Å²) in [6.07, 6.45) is 1.66. The maximum absolute atomic E-state index is 12.4. The van der Waals surface area contributed by atoms with Crippen molar-refractivity contribution in [1.82, 2.24) is 15.0 Å². The van der Waals surface area contributed by atoms with Gasteiger partial charge in [0.1, 0.15) is 5.69 Å². The van der Waals surface area contributed by atoms with Crippen molar-refractivity contribution in [3.63, 3.8) is 0 Å². The van der Waals surface area contributed by atoms with Gasteiger partial charge in [0.05, 0.1) is 10.9 Å². The minimum atomic E-state index is -0.396. The molecular weight excluding hydrogens is 306 g/mol. The minimum absolute atomic E-state index is 0.246. The van der Waals surface area contributed by atoms with E-state index in [1.807, 2.05) is 31.2 Å². The normalized spacial score (nSPS) is 10.8. The molecule has 2 amide bonds. The predicted octanol–water partition coefficient (Wildman–Crippen LogP) is 3.21. The van der Waals surface area contributed by atoms with Crippen LogP contribution in [-0.2, 0) is 4.79 Å². The molecule has 0 fully saturated rings. The molecule has 0 aliphatic heterocycles. The fourth-order valence-electron chi connectivity index (χ4n) is 2.41. The van der Waals surface area contributed by atoms with Crippen LogP contribution in [-0.4, -0.2) is 33.9 Å². The fourth-order valence-corrected chi connectivity index (χ4v) is 2.41. The first-order valence-electron chi connectivity index (χ1n) is 7.64. The number of carbonyl (C=O) groups is 2. The highest BCUT2D eigenvalue weighted by Gasteiger charge is 2.20. The summed E-state index contributed by atoms with van der Waals surface area (Å²) >= 11 is 0. The summed E-state index contributed by atoms with van der Waals surface area (Å²) < 4.78 is 5.24. The quantitative estimate of drug-likeness (QED) is 0.740. The first-order chi connectivity index (χ1) is 11.5. The highest BCUT2D eigenvalue weighted by Crippen LogP contribution is 2.27. The Balaban J connectivity index is 2.04. The maximum Gasteiger partial charge on any atom is 0.261 e. The maximum atomic E-state index is 12.4. The fraction of sp³-hybridized carbons (Fsp3) is 0.222. The van der Waals surface area contributed by atoms with Crippen molar-refractivity contribution >= 4 is 22.9 Å². The van der Waals surface area contributed by atoms with Crippen LogP contribution in [0.4, 0.5) is 0 Å². The van der Waals surface area contributed by atoms with Crippen LogP contribution in [0.1, 0.15) is 29.3 Å². The van der Waals surface area contributed by atoms with E-state index in [2.05, 4.69) is 10.1 Å². The van der Waals surface area contributed by atoms with Crippen LogP contribution < -0.4 is 0 Å². The lowest BCUT2D eigenvalue weighted by atomic mass is 10.1. The average molecular weight is 323 g/mol. The summed E-state index contributed by atoms with van der Waals surface area (Å²) in [4.78, 5) is 29.4. The number of aromatic nitrogens is 2. The lowest BCUT2D eigenvalue weighted by Crippen LogP contribution is -2.32. The second kappa shape index (κ2) is 6.23. The van der Waals surface area contributed by atoms with Crippen LogP contribution in [0.5, 0.6) is 0 Å². The van der Waals surface area contributed by atoms with Crippen molar-refractivity contribution in [2.75, 3.05) is 7.05 Å². The van der Waals surface area contributed by atoms with Gasteiger partial charge in [0.15, 0.2) is 0 Å². The summed E-state index contributed by atoms with van der Waals surface area (Å²) in [5.74, 6) is -0.642. The number of rotatable bonds is 3. The van der Waals surface area contributed by atoms with E-state index >= 15 is 0 Å². The Kier molecular flexibility index (Phi) is 4.12. The van der Waals surface area contributed by atoms with Gasteiger partial charge in [-0.15, -0.1) is 0 Å². The molecule has 1 aromatic carbocycles. The molecule has 0 aliphatic carbocycles. The van der Waals surface area contributed by atoms with Gasteiger partial charge in [-0.2, -0.15) is 0 Å². The van der Waals surface area contributed by atoms with Gasteiger partial charge in [0, 0.05) is 25.2 Å². The number of nitrogens with zero attached hydrogens (tertiary/aromatic N) is 3. The first-order valence-corrected chi connectivity index (χ1v) is 7.64. The molecule has 2 aromatic heterocycles. The number of aryl methyl sites for hydroxylation is 1. The third kappa shape index (κ3) is 2.78. The molecule has 0 bridgehead atoms. The minimum Gasteiger partial charge on any atom is -0.335 e. The van der Waals surface area contributed by atoms with Crippen LogP contribution in [0, 0.1) is 6.92 Å². The Hall–Kier alpha value is -3.02. The van der Waals surface area contributed by atoms with Gasteiger partial charge < -0.3 is 4.52 Å². The summed E-state index contributed by atoms with van der Waals surface area (Å²) in [7, 11) is 1.47. The number of benzene rings is 1. The molecule has 0 saturated carbocycles. The zero-order chi connectivity index (χ0) is 17.3. The second-order valence-corrected chi connectivity index (χ2v) is 5.59. The van der Waals surface area contributed by atoms with Crippen LogP contribution in [0.15, 0.2) is 41.1 Å². The molecule has 0 saturated heterocycles. The Morgan fingerprint density at radius 3 is 2.58 bits per heavy atom. The Morgan fingerprint density at radius 2 is 1.92 bits per heavy atom. The second-order valence-electron chi connectivity index (χ2n) is 5.59. The van der Waals surface area contributed by atoms with Gasteiger partial charge in [-0.1, -0.05) is 41.9 Å². The third-order valence-electron chi connectivity index (χ3n) is 3.88. The van der Waals surface area contributed by atoms with Crippen molar-refractivity contribution < 1.29 is 14.1 Å². The van der Waals surface area contributed by atoms with Crippen LogP contribution in [0.25, 0.3) is 22.4 Å². The lowest BCUT2D eigenvalue weighted by Gasteiger charge is -2.13. The van der Waals surface area contributed by atoms with Crippen molar-refractivity contribution in [3.8, 4) is 11.3 Å². The third-order valence-corrected chi connectivity index (χ3v) is 3.88. The molecule has 0 N–H and O–H groups in total. The summed E-state index contributed by atoms with van der Waals surface area (Å²) in [5, 5.41) is 4.70. The molecule has 24 heavy (non-hydrogen) atoms. The summed E-state index contributed by atoms with van der Waals surface area (Å²) in [5.41, 5.74) is 3.32. The molecule has 0 unspecified atom stereocenters. The van der Waals surface area contributed by atoms with E-state index in [1.54, 1.807) is 13.0 Å². The number of pyridine rings is 1. The number of amides is 2. The van der Waals surface area contributed by atoms with E-state index in [4.69, 9.17) is 4.52 Å². The van der Waals surface area contributed by atoms with Gasteiger partial charge in [-0.25, -0.2) is 4.98 Å². The van der Waals surface area contributed by atoms with E-state index in [0.717, 1.165) is 16.0 Å². The predicted molar refractivity (Wildman–Crippen MR) is 89.4 cm³/mol. The van der Waals surface area contributed by atoms with E-state index in [1.165, 1.54) is 13.2 Å². The van der Waals surface area contributed by atoms with Crippen molar-refractivity contribution in [1.29, 1.82) is 0 Å². The number of hydrogen-bond acceptors (Lipinski definition) is 5. The monoisotopic (exact) mass is 323 g/mol. The van der Waals surface area contributed by atoms with Crippen LogP contribution >= 0.6 is 0 Å². The van der Waals surface area contributed by atoms with E-state index in [0.29, 0.717) is 22.4 Å². The average Bonchev–Trinajstić information content (AvgIpc) is 3.03. The molecule has 2 heterocycles. The highest BCUT2D eigenvalue weighted by molar-refractivity contribution is 6.06. The summed E-state index contributed by atoms with van der Waals surface area (Å²) in [6.45, 7) is 3.71. The zero-order valence-electron chi connectivity index (χ0n) is 13.7. The first kappa shape index (κ1) is 15.9. The van der Waals surface area contributed by atoms with Crippen molar-refractivity contribution in [2.24, 2.45) is 0 Å². The van der Waals surface area contributed by atoms with Gasteiger partial charge in [-0.05, 0) is 13.0 Å². The Labute approximate surface area is 139 Å². The molecule has 0 aliphatic rings. The molecule has 122 valence electrons. The SMILES string of the molecule is CCC(=O)N(C)C(=O)c1cnc2onc(-c3ccc(C)cc3)c2c1. The number of imide groups is 1. The van der Waals surface area contributed by atoms with Gasteiger partial charge >= 0.3 is 0 Å². The van der Waals surface area contributed by atoms with Gasteiger partial charge in [0.2, 0.25) is 5.91 Å². The standard InChI is InChI=1S/C18H17N3O3/c1-4-15(22)21(3)18(23)13-9-14-16(20-24-17(14)19-10-13)12-7-5-11(2)6-8-12/h5-10H,4H2,1-3H3. The van der Waals surface area contributed by atoms with E-state index in [-0.39, 0.29) is 12.3 Å². The molecular formula is C18H17N3O3. The largest absolute Gasteiger partial charge is 0.335 e. The molecule has 3 aromatic rings. The molecule has 0 radical (unpaired) electrons. The molecule has 3 rings (SSSR count). The number of hydrogen-bond donors (Lipinski definition) is 0. The molecule has 6 nitrogen and oxygen atoms in total. The van der Waals surface area contributed by atoms with E-state index < -0.39 is 5.91 Å². The van der Waals surface area contributed by atoms with Crippen molar-refractivity contribution in [2.45, 2.75) is 20.3 Å². The Bertz CT molecular complexity index is 913. The molecule has 0 spiro atoms. The van der Waals surface area contributed by atoms with Crippen molar-refractivity contribution in [3.05, 3.63) is 47.7 Å². The smallest absolute Gasteiger partial charge is 0.261 e. The zero-order valence-corrected chi connectivity index (χ0v) is 13.7. The topological polar surface area (TPSA) is 76.3 Å². The molecule has 0 atom stereocenters. The Morgan fingerprint density at radius 1 is 1.21 bits per heavy atom. The number of carbonyl (C=O) groups excluding carboxylic acids is 2. The highest BCUT2D eigenvalue weighted by atomic mass is 16.5. The van der Waals surface area contributed by atoms with E-state index in [9.17, 15) is 9.59 Å². The lowest BCUT2D eigenvalue weighted by molar-refractivity contribution is -0.127. The summed E-state index contributed by atoms with van der Waals surface area (Å²) in [6, 6.07) is 9.50. The van der Waals surface area contributed by atoms with Gasteiger partial charge in [0.25, 0.3) is 11.6 Å². The van der Waals surface area contributed by atoms with Gasteiger partial charge in [-0.3, -0.25) is 14.5 Å². The molecule has 6 heteroatoms.